The topological polar surface area (TPSA) is 18.1 Å². The molecule has 6 rings (SSSR count). The number of benzene rings is 4. The standard InChI is InChI=1S/C30H21NO/c1-4-12-22(13-5-1)27-20-31(24-16-8-3-9-17-24)21-28(27)30-26-19-11-10-18-25(26)29(32-30)23-14-6-2-7-15-23/h1-21H. The maximum Gasteiger partial charge on any atom is 0.144 e. The fraction of sp³-hybridized carbons (Fsp3) is 0. The van der Waals surface area contributed by atoms with Gasteiger partial charge in [0, 0.05) is 45.5 Å². The molecule has 2 heteroatoms. The van der Waals surface area contributed by atoms with Crippen molar-refractivity contribution in [3.8, 4) is 39.5 Å². The maximum atomic E-state index is 6.64. The largest absolute Gasteiger partial charge is 0.455 e. The Hall–Kier alpha value is -4.30. The lowest BCUT2D eigenvalue weighted by molar-refractivity contribution is 0.602. The van der Waals surface area contributed by atoms with Crippen molar-refractivity contribution in [1.29, 1.82) is 0 Å². The molecule has 0 aliphatic rings. The number of aromatic nitrogens is 1. The number of furan rings is 1. The van der Waals surface area contributed by atoms with Gasteiger partial charge in [0.2, 0.25) is 0 Å². The number of para-hydroxylation sites is 1. The first kappa shape index (κ1) is 18.5. The van der Waals surface area contributed by atoms with Crippen LogP contribution in [0.2, 0.25) is 0 Å². The summed E-state index contributed by atoms with van der Waals surface area (Å²) in [7, 11) is 0. The van der Waals surface area contributed by atoms with Crippen LogP contribution in [0.5, 0.6) is 0 Å². The van der Waals surface area contributed by atoms with Gasteiger partial charge in [0.05, 0.1) is 0 Å². The molecule has 0 saturated heterocycles. The average Bonchev–Trinajstić information content (AvgIpc) is 3.48. The van der Waals surface area contributed by atoms with Crippen LogP contribution >= 0.6 is 0 Å². The number of nitrogens with zero attached hydrogens (tertiary/aromatic N) is 1. The first-order chi connectivity index (χ1) is 15.9. The van der Waals surface area contributed by atoms with E-state index in [2.05, 4.69) is 102 Å². The molecule has 6 aromatic rings. The summed E-state index contributed by atoms with van der Waals surface area (Å²) in [6, 6.07) is 39.7. The van der Waals surface area contributed by atoms with Gasteiger partial charge in [-0.1, -0.05) is 103 Å². The summed E-state index contributed by atoms with van der Waals surface area (Å²) in [6.45, 7) is 0. The van der Waals surface area contributed by atoms with Gasteiger partial charge in [0.25, 0.3) is 0 Å². The Morgan fingerprint density at radius 3 is 1.59 bits per heavy atom. The minimum atomic E-state index is 0.896. The van der Waals surface area contributed by atoms with Crippen molar-refractivity contribution >= 4 is 10.8 Å². The molecular weight excluding hydrogens is 390 g/mol. The Balaban J connectivity index is 1.63. The van der Waals surface area contributed by atoms with E-state index < -0.39 is 0 Å². The molecule has 0 amide bonds. The third kappa shape index (κ3) is 3.14. The molecule has 152 valence electrons. The molecule has 0 spiro atoms. The number of hydrogen-bond acceptors (Lipinski definition) is 1. The lowest BCUT2D eigenvalue weighted by Crippen LogP contribution is -1.87. The maximum absolute atomic E-state index is 6.64. The van der Waals surface area contributed by atoms with E-state index in [4.69, 9.17) is 4.42 Å². The summed E-state index contributed by atoms with van der Waals surface area (Å²) in [6.07, 6.45) is 4.37. The smallest absolute Gasteiger partial charge is 0.144 e. The van der Waals surface area contributed by atoms with Crippen LogP contribution in [0, 0.1) is 0 Å². The summed E-state index contributed by atoms with van der Waals surface area (Å²) in [5.74, 6) is 1.80. The van der Waals surface area contributed by atoms with Crippen molar-refractivity contribution in [3.05, 3.63) is 128 Å². The second-order valence-electron chi connectivity index (χ2n) is 7.87. The molecule has 0 aliphatic carbocycles. The summed E-state index contributed by atoms with van der Waals surface area (Å²) in [5, 5.41) is 2.24. The van der Waals surface area contributed by atoms with E-state index in [0.717, 1.165) is 44.7 Å². The second-order valence-corrected chi connectivity index (χ2v) is 7.87. The quantitative estimate of drug-likeness (QED) is 0.286. The minimum Gasteiger partial charge on any atom is -0.455 e. The highest BCUT2D eigenvalue weighted by atomic mass is 16.3. The van der Waals surface area contributed by atoms with Crippen LogP contribution in [0.4, 0.5) is 0 Å². The molecule has 0 atom stereocenters. The molecule has 0 N–H and O–H groups in total. The van der Waals surface area contributed by atoms with Crippen LogP contribution in [0.3, 0.4) is 0 Å². The minimum absolute atomic E-state index is 0.896. The Labute approximate surface area is 187 Å². The van der Waals surface area contributed by atoms with Crippen LogP contribution in [-0.4, -0.2) is 4.57 Å². The van der Waals surface area contributed by atoms with Crippen molar-refractivity contribution in [2.45, 2.75) is 0 Å². The third-order valence-electron chi connectivity index (χ3n) is 5.87. The molecule has 0 bridgehead atoms. The zero-order valence-corrected chi connectivity index (χ0v) is 17.5. The molecule has 0 aliphatic heterocycles. The molecule has 0 unspecified atom stereocenters. The van der Waals surface area contributed by atoms with Crippen molar-refractivity contribution in [2.75, 3.05) is 0 Å². The molecular formula is C30H21NO. The zero-order chi connectivity index (χ0) is 21.3. The Morgan fingerprint density at radius 1 is 0.438 bits per heavy atom. The normalized spacial score (nSPS) is 11.1. The van der Waals surface area contributed by atoms with Gasteiger partial charge < -0.3 is 8.98 Å². The SMILES string of the molecule is c1ccc(-c2cn(-c3ccccc3)cc2-c2oc(-c3ccccc3)c3ccccc23)cc1. The Bertz CT molecular complexity index is 1490. The summed E-state index contributed by atoms with van der Waals surface area (Å²) < 4.78 is 8.81. The first-order valence-electron chi connectivity index (χ1n) is 10.8. The average molecular weight is 412 g/mol. The van der Waals surface area contributed by atoms with Gasteiger partial charge in [-0.15, -0.1) is 0 Å². The van der Waals surface area contributed by atoms with Gasteiger partial charge in [0.15, 0.2) is 0 Å². The molecule has 32 heavy (non-hydrogen) atoms. The highest BCUT2D eigenvalue weighted by Gasteiger charge is 2.20. The summed E-state index contributed by atoms with van der Waals surface area (Å²) in [5.41, 5.74) is 5.60. The Morgan fingerprint density at radius 2 is 0.938 bits per heavy atom. The number of rotatable bonds is 4. The van der Waals surface area contributed by atoms with E-state index in [9.17, 15) is 0 Å². The molecule has 0 radical (unpaired) electrons. The fourth-order valence-corrected chi connectivity index (χ4v) is 4.33. The van der Waals surface area contributed by atoms with Gasteiger partial charge in [0.1, 0.15) is 11.5 Å². The van der Waals surface area contributed by atoms with E-state index in [-0.39, 0.29) is 0 Å². The van der Waals surface area contributed by atoms with Crippen LogP contribution in [0.15, 0.2) is 132 Å². The molecule has 2 aromatic heterocycles. The molecule has 4 aromatic carbocycles. The number of hydrogen-bond donors (Lipinski definition) is 0. The summed E-state index contributed by atoms with van der Waals surface area (Å²) in [4.78, 5) is 0. The van der Waals surface area contributed by atoms with Gasteiger partial charge in [-0.3, -0.25) is 0 Å². The first-order valence-corrected chi connectivity index (χ1v) is 10.8. The highest BCUT2D eigenvalue weighted by molar-refractivity contribution is 6.04. The van der Waals surface area contributed by atoms with Gasteiger partial charge in [-0.2, -0.15) is 0 Å². The number of fused-ring (bicyclic) bond motifs is 1. The van der Waals surface area contributed by atoms with Crippen LogP contribution in [-0.2, 0) is 0 Å². The predicted octanol–water partition coefficient (Wildman–Crippen LogP) is 8.22. The van der Waals surface area contributed by atoms with Crippen molar-refractivity contribution in [1.82, 2.24) is 4.57 Å². The second kappa shape index (κ2) is 7.75. The van der Waals surface area contributed by atoms with Crippen molar-refractivity contribution < 1.29 is 4.42 Å². The van der Waals surface area contributed by atoms with E-state index in [1.54, 1.807) is 0 Å². The molecule has 0 saturated carbocycles. The predicted molar refractivity (Wildman–Crippen MR) is 132 cm³/mol. The molecule has 0 fully saturated rings. The lowest BCUT2D eigenvalue weighted by Gasteiger charge is -2.02. The zero-order valence-electron chi connectivity index (χ0n) is 17.5. The molecule has 2 heterocycles. The summed E-state index contributed by atoms with van der Waals surface area (Å²) >= 11 is 0. The monoisotopic (exact) mass is 411 g/mol. The van der Waals surface area contributed by atoms with Crippen LogP contribution < -0.4 is 0 Å². The van der Waals surface area contributed by atoms with Gasteiger partial charge in [-0.05, 0) is 17.7 Å². The highest BCUT2D eigenvalue weighted by Crippen LogP contribution is 2.43. The lowest BCUT2D eigenvalue weighted by atomic mass is 10.0. The van der Waals surface area contributed by atoms with Crippen molar-refractivity contribution in [2.24, 2.45) is 0 Å². The van der Waals surface area contributed by atoms with E-state index in [0.29, 0.717) is 0 Å². The van der Waals surface area contributed by atoms with Crippen LogP contribution in [0.1, 0.15) is 0 Å². The van der Waals surface area contributed by atoms with Gasteiger partial charge >= 0.3 is 0 Å². The van der Waals surface area contributed by atoms with Crippen LogP contribution in [0.25, 0.3) is 50.2 Å². The van der Waals surface area contributed by atoms with Crippen molar-refractivity contribution in [3.63, 3.8) is 0 Å². The molecule has 2 nitrogen and oxygen atoms in total. The van der Waals surface area contributed by atoms with E-state index in [1.807, 2.05) is 30.3 Å². The van der Waals surface area contributed by atoms with E-state index >= 15 is 0 Å². The fourth-order valence-electron chi connectivity index (χ4n) is 4.33. The van der Waals surface area contributed by atoms with E-state index in [1.165, 1.54) is 5.56 Å². The third-order valence-corrected chi connectivity index (χ3v) is 5.87. The Kier molecular flexibility index (Phi) is 4.47. The van der Waals surface area contributed by atoms with Gasteiger partial charge in [-0.25, -0.2) is 0 Å².